The number of terminal acetylenes is 1. The molecule has 4 rings (SSSR count). The average molecular weight is 839 g/mol. The smallest absolute Gasteiger partial charge is 0.410 e. The Balaban J connectivity index is 1.61. The van der Waals surface area contributed by atoms with Gasteiger partial charge in [0.15, 0.2) is 9.84 Å². The average Bonchev–Trinajstić information content (AvgIpc) is 3.59. The fourth-order valence-corrected chi connectivity index (χ4v) is 9.28. The van der Waals surface area contributed by atoms with Gasteiger partial charge < -0.3 is 35.8 Å². The molecule has 3 aliphatic rings. The van der Waals surface area contributed by atoms with Crippen molar-refractivity contribution in [2.75, 3.05) is 25.4 Å². The molecule has 15 nitrogen and oxygen atoms in total. The van der Waals surface area contributed by atoms with Gasteiger partial charge in [0.1, 0.15) is 18.2 Å². The van der Waals surface area contributed by atoms with Crippen LogP contribution in [-0.2, 0) is 46.7 Å². The third-order valence-corrected chi connectivity index (χ3v) is 14.1. The van der Waals surface area contributed by atoms with Gasteiger partial charge >= 0.3 is 12.1 Å². The minimum atomic E-state index is -3.65. The number of ketones is 1. The van der Waals surface area contributed by atoms with E-state index in [0.29, 0.717) is 32.4 Å². The molecule has 0 bridgehead atoms. The normalized spacial score (nSPS) is 20.2. The van der Waals surface area contributed by atoms with Crippen molar-refractivity contribution < 1.29 is 41.9 Å². The van der Waals surface area contributed by atoms with Crippen LogP contribution in [0.25, 0.3) is 0 Å². The highest BCUT2D eigenvalue weighted by Gasteiger charge is 2.48. The van der Waals surface area contributed by atoms with Crippen LogP contribution in [0.5, 0.6) is 0 Å². The number of urea groups is 1. The van der Waals surface area contributed by atoms with Crippen LogP contribution in [-0.4, -0.2) is 114 Å². The Hall–Kier alpha value is -4.91. The highest BCUT2D eigenvalue weighted by molar-refractivity contribution is 7.92. The van der Waals surface area contributed by atoms with Crippen molar-refractivity contribution in [3.63, 3.8) is 0 Å². The molecule has 2 aliphatic heterocycles. The first-order valence-corrected chi connectivity index (χ1v) is 22.1. The molecule has 0 spiro atoms. The minimum Gasteiger partial charge on any atom is -0.444 e. The lowest BCUT2D eigenvalue weighted by molar-refractivity contribution is -0.143. The molecule has 1 aliphatic carbocycles. The van der Waals surface area contributed by atoms with Crippen molar-refractivity contribution in [2.24, 2.45) is 5.41 Å². The van der Waals surface area contributed by atoms with Gasteiger partial charge in [-0.05, 0) is 63.0 Å². The van der Waals surface area contributed by atoms with Crippen molar-refractivity contribution in [3.05, 3.63) is 48.0 Å². The van der Waals surface area contributed by atoms with E-state index in [2.05, 4.69) is 33.8 Å². The van der Waals surface area contributed by atoms with E-state index < -0.39 is 85.4 Å². The second-order valence-electron chi connectivity index (χ2n) is 18.0. The van der Waals surface area contributed by atoms with Crippen molar-refractivity contribution >= 4 is 45.5 Å². The fourth-order valence-electron chi connectivity index (χ4n) is 7.75. The molecule has 1 saturated carbocycles. The maximum Gasteiger partial charge on any atom is 0.410 e. The van der Waals surface area contributed by atoms with Gasteiger partial charge in [-0.2, -0.15) is 0 Å². The summed E-state index contributed by atoms with van der Waals surface area (Å²) in [7, 11) is -3.65. The topological polar surface area (TPSA) is 200 Å². The molecular weight excluding hydrogens is 777 g/mol. The van der Waals surface area contributed by atoms with Crippen molar-refractivity contribution in [3.8, 4) is 12.3 Å². The van der Waals surface area contributed by atoms with Crippen molar-refractivity contribution in [1.29, 1.82) is 0 Å². The van der Waals surface area contributed by atoms with Gasteiger partial charge in [-0.15, -0.1) is 18.9 Å². The third kappa shape index (κ3) is 12.1. The predicted molar refractivity (Wildman–Crippen MR) is 223 cm³/mol. The third-order valence-electron chi connectivity index (χ3n) is 11.3. The van der Waals surface area contributed by atoms with Gasteiger partial charge in [0.2, 0.25) is 17.6 Å². The zero-order valence-corrected chi connectivity index (χ0v) is 36.2. The number of sulfone groups is 1. The lowest BCUT2D eigenvalue weighted by atomic mass is 9.83. The molecular formula is C43H62N6O9S. The molecule has 0 radical (unpaired) electrons. The predicted octanol–water partition coefficient (Wildman–Crippen LogP) is 3.55. The van der Waals surface area contributed by atoms with Crippen LogP contribution in [0.15, 0.2) is 36.9 Å². The van der Waals surface area contributed by atoms with Crippen LogP contribution in [0.2, 0.25) is 0 Å². The number of carbonyl (C=O) groups is 6. The number of benzene rings is 1. The standard InChI is InChI=1S/C43H62N6O9S/c1-9-11-19-32(34(50)37(52)44-23-10-2)45-36(51)33-25-31(58-40(55)48-24-20-29-17-13-14-18-30(29)26-48)27-49(33)38(53)35(41(3,4)5)46-39(54)47-43(21-15-12-16-22-43)28-59(56,57)42(6,7)8/h1,10,13-14,17-18,31-33,35H,2,11-12,15-16,19-28H2,3-8H3,(H,44,52)(H,45,51)(H2,46,47,54)/t31-,32?,33?,35?/m1/s1. The number of nitrogens with one attached hydrogen (secondary N) is 4. The van der Waals surface area contributed by atoms with Crippen LogP contribution in [0.4, 0.5) is 9.59 Å². The van der Waals surface area contributed by atoms with Gasteiger partial charge in [-0.3, -0.25) is 19.2 Å². The Morgan fingerprint density at radius 1 is 1.02 bits per heavy atom. The molecule has 0 aromatic heterocycles. The molecule has 3 unspecified atom stereocenters. The number of hydrogen-bond acceptors (Lipinski definition) is 9. The van der Waals surface area contributed by atoms with Gasteiger partial charge in [-0.25, -0.2) is 18.0 Å². The lowest BCUT2D eigenvalue weighted by Gasteiger charge is -2.41. The van der Waals surface area contributed by atoms with E-state index in [1.165, 1.54) is 11.0 Å². The second-order valence-corrected chi connectivity index (χ2v) is 20.7. The number of ether oxygens (including phenoxy) is 1. The summed E-state index contributed by atoms with van der Waals surface area (Å²) in [5.41, 5.74) is 0.131. The van der Waals surface area contributed by atoms with E-state index >= 15 is 0 Å². The molecule has 324 valence electrons. The number of carbonyl (C=O) groups excluding carboxylic acids is 6. The maximum absolute atomic E-state index is 14.8. The van der Waals surface area contributed by atoms with Gasteiger partial charge in [0, 0.05) is 32.5 Å². The first-order valence-electron chi connectivity index (χ1n) is 20.4. The van der Waals surface area contributed by atoms with E-state index in [4.69, 9.17) is 11.2 Å². The zero-order chi connectivity index (χ0) is 43.8. The van der Waals surface area contributed by atoms with Crippen LogP contribution in [0, 0.1) is 17.8 Å². The summed E-state index contributed by atoms with van der Waals surface area (Å²) in [6, 6.07) is 3.20. The van der Waals surface area contributed by atoms with Crippen molar-refractivity contribution in [1.82, 2.24) is 31.1 Å². The Labute approximate surface area is 349 Å². The minimum absolute atomic E-state index is 0.0171. The summed E-state index contributed by atoms with van der Waals surface area (Å²) in [6.07, 6.45) is 9.01. The van der Waals surface area contributed by atoms with E-state index in [0.717, 1.165) is 30.4 Å². The molecule has 59 heavy (non-hydrogen) atoms. The number of nitrogens with zero attached hydrogens (tertiary/aromatic N) is 2. The van der Waals surface area contributed by atoms with Crippen LogP contribution < -0.4 is 21.3 Å². The molecule has 1 saturated heterocycles. The monoisotopic (exact) mass is 838 g/mol. The number of hydrogen-bond donors (Lipinski definition) is 4. The van der Waals surface area contributed by atoms with Gasteiger partial charge in [-0.1, -0.05) is 70.4 Å². The summed E-state index contributed by atoms with van der Waals surface area (Å²) in [5.74, 6) is -1.17. The SMILES string of the molecule is C#CCCC(NC(=O)C1C[C@@H](OC(=O)N2CCc3ccccc3C2)CN1C(=O)C(NC(=O)NC1(CS(=O)(=O)C(C)(C)C)CCCCC1)C(C)(C)C)C(=O)C(=O)NCC=C. The molecule has 16 heteroatoms. The number of likely N-dealkylation sites (tertiary alicyclic amines) is 1. The molecule has 4 N–H and O–H groups in total. The molecule has 1 aromatic rings. The largest absolute Gasteiger partial charge is 0.444 e. The number of amides is 6. The number of rotatable bonds is 14. The summed E-state index contributed by atoms with van der Waals surface area (Å²) >= 11 is 0. The Bertz CT molecular complexity index is 1910. The summed E-state index contributed by atoms with van der Waals surface area (Å²) < 4.78 is 31.8. The van der Waals surface area contributed by atoms with Gasteiger partial charge in [0.05, 0.1) is 28.6 Å². The second kappa shape index (κ2) is 19.4. The van der Waals surface area contributed by atoms with Crippen LogP contribution in [0.3, 0.4) is 0 Å². The summed E-state index contributed by atoms with van der Waals surface area (Å²) in [4.78, 5) is 85.1. The summed E-state index contributed by atoms with van der Waals surface area (Å²) in [6.45, 7) is 14.2. The van der Waals surface area contributed by atoms with E-state index in [1.807, 2.05) is 24.3 Å². The highest BCUT2D eigenvalue weighted by Crippen LogP contribution is 2.33. The number of fused-ring (bicyclic) bond motifs is 1. The molecule has 2 heterocycles. The Morgan fingerprint density at radius 2 is 1.68 bits per heavy atom. The molecule has 2 fully saturated rings. The van der Waals surface area contributed by atoms with Crippen LogP contribution in [0.1, 0.15) is 104 Å². The van der Waals surface area contributed by atoms with Crippen molar-refractivity contribution in [2.45, 2.75) is 140 Å². The van der Waals surface area contributed by atoms with E-state index in [-0.39, 0.29) is 38.1 Å². The van der Waals surface area contributed by atoms with Crippen LogP contribution >= 0.6 is 0 Å². The Kier molecular flexibility index (Phi) is 15.4. The first-order chi connectivity index (χ1) is 27.6. The lowest BCUT2D eigenvalue weighted by Crippen LogP contribution is -2.63. The first kappa shape index (κ1) is 46.8. The molecule has 6 amide bonds. The quantitative estimate of drug-likeness (QED) is 0.123. The Morgan fingerprint density at radius 3 is 2.29 bits per heavy atom. The fraction of sp³-hybridized carbons (Fsp3) is 0.628. The number of Topliss-reactive ketones (excluding diaryl/α,β-unsaturated/α-hetero) is 1. The highest BCUT2D eigenvalue weighted by atomic mass is 32.2. The van der Waals surface area contributed by atoms with E-state index in [9.17, 15) is 37.2 Å². The van der Waals surface area contributed by atoms with E-state index in [1.54, 1.807) is 46.4 Å². The van der Waals surface area contributed by atoms with Gasteiger partial charge in [0.25, 0.3) is 5.91 Å². The summed E-state index contributed by atoms with van der Waals surface area (Å²) in [5, 5.41) is 10.8. The molecule has 1 aromatic carbocycles. The molecule has 4 atom stereocenters. The maximum atomic E-state index is 14.8. The zero-order valence-electron chi connectivity index (χ0n) is 35.4.